The van der Waals surface area contributed by atoms with Crippen molar-refractivity contribution in [3.63, 3.8) is 0 Å². The topological polar surface area (TPSA) is 141 Å². The highest BCUT2D eigenvalue weighted by Crippen LogP contribution is 2.26. The van der Waals surface area contributed by atoms with Gasteiger partial charge < -0.3 is 34.6 Å². The van der Waals surface area contributed by atoms with Gasteiger partial charge in [-0.15, -0.1) is 0 Å². The zero-order chi connectivity index (χ0) is 8.20. The van der Waals surface area contributed by atoms with Crippen LogP contribution in [0.4, 0.5) is 0 Å². The molecule has 0 aliphatic heterocycles. The van der Waals surface area contributed by atoms with E-state index in [1.165, 1.54) is 0 Å². The van der Waals surface area contributed by atoms with Crippen molar-refractivity contribution in [3.8, 4) is 0 Å². The molecule has 0 aromatic rings. The van der Waals surface area contributed by atoms with Crippen molar-refractivity contribution in [2.45, 2.75) is 6.10 Å². The first kappa shape index (κ1) is 13.6. The standard InChI is InChI=1S/C3H9O6P.O/c4-1-3(2-5)9-10(6,7)8;/h3-5H,1-2H2,(H2,6,7,8);/q;-2/p-2. The molecular weight excluding hydrogens is 179 g/mol. The van der Waals surface area contributed by atoms with E-state index in [9.17, 15) is 14.4 Å². The van der Waals surface area contributed by atoms with Gasteiger partial charge in [-0.2, -0.15) is 0 Å². The van der Waals surface area contributed by atoms with Gasteiger partial charge >= 0.3 is 0 Å². The Labute approximate surface area is 62.8 Å². The largest absolute Gasteiger partial charge is 2.00 e. The second-order valence-electron chi connectivity index (χ2n) is 1.54. The molecule has 70 valence electrons. The average molecular weight is 186 g/mol. The van der Waals surface area contributed by atoms with Gasteiger partial charge in [-0.25, -0.2) is 0 Å². The van der Waals surface area contributed by atoms with E-state index in [-0.39, 0.29) is 5.48 Å². The molecule has 0 bridgehead atoms. The molecule has 0 amide bonds. The number of hydrogen-bond donors (Lipinski definition) is 2. The Balaban J connectivity index is 0. The van der Waals surface area contributed by atoms with E-state index in [2.05, 4.69) is 4.52 Å². The molecule has 2 N–H and O–H groups in total. The molecule has 8 heteroatoms. The van der Waals surface area contributed by atoms with Crippen LogP contribution < -0.4 is 9.79 Å². The second kappa shape index (κ2) is 5.62. The van der Waals surface area contributed by atoms with Crippen LogP contribution in [-0.2, 0) is 14.6 Å². The molecule has 7 nitrogen and oxygen atoms in total. The summed E-state index contributed by atoms with van der Waals surface area (Å²) in [7, 11) is -5.07. The third kappa shape index (κ3) is 7.89. The summed E-state index contributed by atoms with van der Waals surface area (Å²) < 4.78 is 13.5. The summed E-state index contributed by atoms with van der Waals surface area (Å²) in [6, 6.07) is 0. The summed E-state index contributed by atoms with van der Waals surface area (Å²) in [5.41, 5.74) is 0. The molecule has 0 unspecified atom stereocenters. The minimum absolute atomic E-state index is 0. The number of aliphatic hydroxyl groups excluding tert-OH is 2. The van der Waals surface area contributed by atoms with Crippen LogP contribution in [0.15, 0.2) is 0 Å². The van der Waals surface area contributed by atoms with Crippen LogP contribution in [0.25, 0.3) is 0 Å². The monoisotopic (exact) mass is 186 g/mol. The third-order valence-electron chi connectivity index (χ3n) is 0.685. The number of hydrogen-bond acceptors (Lipinski definition) is 6. The third-order valence-corrected chi connectivity index (χ3v) is 1.24. The summed E-state index contributed by atoms with van der Waals surface area (Å²) in [5, 5.41) is 16.4. The van der Waals surface area contributed by atoms with Gasteiger partial charge in [-0.1, -0.05) is 0 Å². The molecule has 0 aliphatic rings. The van der Waals surface area contributed by atoms with E-state index in [0.29, 0.717) is 0 Å². The smallest absolute Gasteiger partial charge is 0.109 e. The van der Waals surface area contributed by atoms with E-state index in [1.54, 1.807) is 0 Å². The highest BCUT2D eigenvalue weighted by atomic mass is 31.2. The summed E-state index contributed by atoms with van der Waals surface area (Å²) >= 11 is 0. The summed E-state index contributed by atoms with van der Waals surface area (Å²) in [4.78, 5) is 19.6. The first-order chi connectivity index (χ1) is 4.49. The first-order valence-electron chi connectivity index (χ1n) is 2.41. The molecule has 0 fully saturated rings. The van der Waals surface area contributed by atoms with Crippen molar-refractivity contribution in [1.29, 1.82) is 0 Å². The van der Waals surface area contributed by atoms with Gasteiger partial charge in [0.25, 0.3) is 0 Å². The van der Waals surface area contributed by atoms with Gasteiger partial charge in [0.2, 0.25) is 0 Å². The molecule has 0 rings (SSSR count). The van der Waals surface area contributed by atoms with Crippen LogP contribution in [0.3, 0.4) is 0 Å². The Bertz CT molecular complexity index is 126. The van der Waals surface area contributed by atoms with Gasteiger partial charge in [-0.3, -0.25) is 0 Å². The molecule has 0 aromatic heterocycles. The number of aliphatic hydroxyl groups is 2. The van der Waals surface area contributed by atoms with Crippen molar-refractivity contribution in [1.82, 2.24) is 0 Å². The fourth-order valence-electron chi connectivity index (χ4n) is 0.307. The van der Waals surface area contributed by atoms with Crippen molar-refractivity contribution in [3.05, 3.63) is 0 Å². The number of phosphoric ester groups is 1. The van der Waals surface area contributed by atoms with Gasteiger partial charge in [0, 0.05) is 0 Å². The Hall–Kier alpha value is -0.0100. The van der Waals surface area contributed by atoms with Gasteiger partial charge in [0.05, 0.1) is 21.0 Å². The van der Waals surface area contributed by atoms with E-state index < -0.39 is 27.1 Å². The van der Waals surface area contributed by atoms with Crippen LogP contribution in [0.1, 0.15) is 0 Å². The van der Waals surface area contributed by atoms with Crippen LogP contribution in [-0.4, -0.2) is 29.5 Å². The molecule has 0 heterocycles. The molecule has 0 saturated carbocycles. The molecule has 0 aromatic carbocycles. The van der Waals surface area contributed by atoms with Crippen LogP contribution in [0, 0.1) is 0 Å². The molecule has 11 heavy (non-hydrogen) atoms. The van der Waals surface area contributed by atoms with E-state index in [4.69, 9.17) is 10.2 Å². The lowest BCUT2D eigenvalue weighted by Crippen LogP contribution is -2.27. The maximum absolute atomic E-state index is 9.79. The van der Waals surface area contributed by atoms with E-state index in [0.717, 1.165) is 0 Å². The van der Waals surface area contributed by atoms with Gasteiger partial charge in [-0.05, 0) is 0 Å². The Morgan fingerprint density at radius 2 is 1.73 bits per heavy atom. The molecule has 0 radical (unpaired) electrons. The van der Waals surface area contributed by atoms with Crippen LogP contribution in [0.5, 0.6) is 0 Å². The first-order valence-corrected chi connectivity index (χ1v) is 3.88. The highest BCUT2D eigenvalue weighted by molar-refractivity contribution is 7.43. The molecule has 0 atom stereocenters. The summed E-state index contributed by atoms with van der Waals surface area (Å²) in [6.45, 7) is -1.41. The van der Waals surface area contributed by atoms with Crippen LogP contribution in [0.2, 0.25) is 0 Å². The molecule has 0 aliphatic carbocycles. The average Bonchev–Trinajstić information content (AvgIpc) is 1.81. The highest BCUT2D eigenvalue weighted by Gasteiger charge is 2.06. The van der Waals surface area contributed by atoms with Gasteiger partial charge in [0.1, 0.15) is 6.10 Å². The Kier molecular flexibility index (Phi) is 6.93. The summed E-state index contributed by atoms with van der Waals surface area (Å²) in [6.07, 6.45) is -1.33. The minimum Gasteiger partial charge on any atom is -2.00 e. The van der Waals surface area contributed by atoms with Gasteiger partial charge in [0.15, 0.2) is 0 Å². The zero-order valence-corrected chi connectivity index (χ0v) is 6.27. The minimum atomic E-state index is -5.07. The Morgan fingerprint density at radius 1 is 1.36 bits per heavy atom. The number of phosphoric acid groups is 1. The maximum atomic E-state index is 9.79. The SMILES string of the molecule is O=P([O-])([O-])OC(CO)CO.[O-2]. The van der Waals surface area contributed by atoms with Crippen molar-refractivity contribution in [2.24, 2.45) is 0 Å². The fraction of sp³-hybridized carbons (Fsp3) is 1.00. The lowest BCUT2D eigenvalue weighted by atomic mass is 10.4. The van der Waals surface area contributed by atoms with Crippen LogP contribution >= 0.6 is 7.82 Å². The lowest BCUT2D eigenvalue weighted by molar-refractivity contribution is -0.346. The van der Waals surface area contributed by atoms with Crippen molar-refractivity contribution < 1.29 is 34.6 Å². The quantitative estimate of drug-likeness (QED) is 0.450. The predicted molar refractivity (Wildman–Crippen MR) is 27.3 cm³/mol. The van der Waals surface area contributed by atoms with Crippen molar-refractivity contribution >= 4 is 7.82 Å². The maximum Gasteiger partial charge on any atom is 0.109 e. The zero-order valence-electron chi connectivity index (χ0n) is 5.37. The lowest BCUT2D eigenvalue weighted by Gasteiger charge is -2.31. The number of rotatable bonds is 4. The predicted octanol–water partition coefficient (Wildman–Crippen LogP) is -2.93. The molecule has 0 spiro atoms. The molecule has 0 saturated heterocycles. The van der Waals surface area contributed by atoms with E-state index >= 15 is 0 Å². The van der Waals surface area contributed by atoms with E-state index in [1.807, 2.05) is 0 Å². The fourth-order valence-corrected chi connectivity index (χ4v) is 0.805. The Morgan fingerprint density at radius 3 is 1.82 bits per heavy atom. The van der Waals surface area contributed by atoms with Crippen molar-refractivity contribution in [2.75, 3.05) is 13.2 Å². The molecular formula is C3H7O7P-4. The summed E-state index contributed by atoms with van der Waals surface area (Å²) in [5.74, 6) is 0. The normalized spacial score (nSPS) is 11.4. The second-order valence-corrected chi connectivity index (χ2v) is 2.65.